The van der Waals surface area contributed by atoms with Crippen molar-refractivity contribution in [2.24, 2.45) is 0 Å². The van der Waals surface area contributed by atoms with Crippen LogP contribution in [-0.4, -0.2) is 25.1 Å². The number of aromatic nitrogens is 1. The molecule has 118 valence electrons. The molecule has 23 heavy (non-hydrogen) atoms. The summed E-state index contributed by atoms with van der Waals surface area (Å²) in [4.78, 5) is 16.5. The Morgan fingerprint density at radius 3 is 2.65 bits per heavy atom. The topological polar surface area (TPSA) is 73.6 Å². The maximum absolute atomic E-state index is 12.2. The minimum Gasteiger partial charge on any atom is -0.493 e. The molecule has 1 aromatic heterocycles. The Kier molecular flexibility index (Phi) is 4.14. The zero-order valence-corrected chi connectivity index (χ0v) is 12.8. The molecule has 3 rings (SSSR count). The lowest BCUT2D eigenvalue weighted by atomic mass is 10.2. The molecule has 0 fully saturated rings. The molecule has 3 aromatic rings. The molecule has 0 aliphatic carbocycles. The van der Waals surface area contributed by atoms with Gasteiger partial charge in [0.15, 0.2) is 17.1 Å². The second-order valence-corrected chi connectivity index (χ2v) is 4.83. The largest absolute Gasteiger partial charge is 0.493 e. The van der Waals surface area contributed by atoms with Gasteiger partial charge in [-0.3, -0.25) is 4.79 Å². The summed E-state index contributed by atoms with van der Waals surface area (Å²) in [6, 6.07) is 12.4. The highest BCUT2D eigenvalue weighted by Crippen LogP contribution is 2.27. The second kappa shape index (κ2) is 6.39. The van der Waals surface area contributed by atoms with Gasteiger partial charge in [0.05, 0.1) is 20.8 Å². The highest BCUT2D eigenvalue weighted by molar-refractivity contribution is 5.94. The summed E-state index contributed by atoms with van der Waals surface area (Å²) in [5.41, 5.74) is 1.93. The van der Waals surface area contributed by atoms with Gasteiger partial charge in [-0.15, -0.1) is 0 Å². The molecule has 0 bridgehead atoms. The summed E-state index contributed by atoms with van der Waals surface area (Å²) in [7, 11) is 3.07. The Morgan fingerprint density at radius 2 is 1.91 bits per heavy atom. The number of carbonyl (C=O) groups is 1. The fraction of sp³-hybridized carbons (Fsp3) is 0.176. The number of methoxy groups -OCH3 is 2. The lowest BCUT2D eigenvalue weighted by Gasteiger charge is -2.09. The summed E-state index contributed by atoms with van der Waals surface area (Å²) < 4.78 is 15.9. The summed E-state index contributed by atoms with van der Waals surface area (Å²) in [6.07, 6.45) is 0. The van der Waals surface area contributed by atoms with E-state index in [2.05, 4.69) is 10.3 Å². The fourth-order valence-electron chi connectivity index (χ4n) is 2.23. The maximum atomic E-state index is 12.2. The maximum Gasteiger partial charge on any atom is 0.251 e. The number of oxazole rings is 1. The van der Waals surface area contributed by atoms with Gasteiger partial charge in [-0.25, -0.2) is 4.98 Å². The number of para-hydroxylation sites is 2. The molecule has 0 atom stereocenters. The molecular formula is C17H16N2O4. The first kappa shape index (κ1) is 14.9. The van der Waals surface area contributed by atoms with Crippen LogP contribution in [0.4, 0.5) is 0 Å². The van der Waals surface area contributed by atoms with Crippen LogP contribution >= 0.6 is 0 Å². The monoisotopic (exact) mass is 312 g/mol. The van der Waals surface area contributed by atoms with Crippen LogP contribution in [0.5, 0.6) is 11.5 Å². The Balaban J connectivity index is 1.71. The lowest BCUT2D eigenvalue weighted by molar-refractivity contribution is 0.0947. The van der Waals surface area contributed by atoms with Crippen LogP contribution < -0.4 is 14.8 Å². The van der Waals surface area contributed by atoms with Crippen molar-refractivity contribution in [1.82, 2.24) is 10.3 Å². The van der Waals surface area contributed by atoms with Gasteiger partial charge in [-0.1, -0.05) is 12.1 Å². The van der Waals surface area contributed by atoms with Crippen molar-refractivity contribution >= 4 is 17.0 Å². The molecule has 0 aliphatic rings. The molecule has 2 aromatic carbocycles. The first-order chi connectivity index (χ1) is 11.2. The van der Waals surface area contributed by atoms with E-state index in [1.807, 2.05) is 24.3 Å². The lowest BCUT2D eigenvalue weighted by Crippen LogP contribution is -2.22. The van der Waals surface area contributed by atoms with Crippen LogP contribution in [0.15, 0.2) is 46.9 Å². The van der Waals surface area contributed by atoms with Crippen molar-refractivity contribution < 1.29 is 18.7 Å². The fourth-order valence-corrected chi connectivity index (χ4v) is 2.23. The molecule has 0 unspecified atom stereocenters. The highest BCUT2D eigenvalue weighted by Gasteiger charge is 2.12. The van der Waals surface area contributed by atoms with Gasteiger partial charge in [0.2, 0.25) is 5.89 Å². The molecule has 6 heteroatoms. The minimum absolute atomic E-state index is 0.210. The molecule has 1 N–H and O–H groups in total. The molecule has 0 spiro atoms. The van der Waals surface area contributed by atoms with Gasteiger partial charge < -0.3 is 19.2 Å². The first-order valence-electron chi connectivity index (χ1n) is 7.06. The SMILES string of the molecule is COc1ccc(C(=O)NCc2nc3ccccc3o2)cc1OC. The van der Waals surface area contributed by atoms with E-state index in [-0.39, 0.29) is 12.5 Å². The molecule has 1 heterocycles. The summed E-state index contributed by atoms with van der Waals surface area (Å²) in [5, 5.41) is 2.77. The van der Waals surface area contributed by atoms with Crippen molar-refractivity contribution in [2.75, 3.05) is 14.2 Å². The smallest absolute Gasteiger partial charge is 0.251 e. The highest BCUT2D eigenvalue weighted by atomic mass is 16.5. The van der Waals surface area contributed by atoms with Gasteiger partial charge in [0.25, 0.3) is 5.91 Å². The van der Waals surface area contributed by atoms with Crippen molar-refractivity contribution in [3.8, 4) is 11.5 Å². The predicted molar refractivity (Wildman–Crippen MR) is 84.7 cm³/mol. The number of amides is 1. The van der Waals surface area contributed by atoms with Gasteiger partial charge in [0, 0.05) is 5.56 Å². The number of ether oxygens (including phenoxy) is 2. The van der Waals surface area contributed by atoms with Crippen LogP contribution in [0.25, 0.3) is 11.1 Å². The standard InChI is InChI=1S/C17H16N2O4/c1-21-14-8-7-11(9-15(14)22-2)17(20)18-10-16-19-12-5-3-4-6-13(12)23-16/h3-9H,10H2,1-2H3,(H,18,20). The molecule has 0 aliphatic heterocycles. The summed E-state index contributed by atoms with van der Waals surface area (Å²) >= 11 is 0. The van der Waals surface area contributed by atoms with Gasteiger partial charge in [-0.2, -0.15) is 0 Å². The minimum atomic E-state index is -0.242. The normalized spacial score (nSPS) is 10.5. The van der Waals surface area contributed by atoms with Crippen LogP contribution in [-0.2, 0) is 6.54 Å². The Hall–Kier alpha value is -3.02. The summed E-state index contributed by atoms with van der Waals surface area (Å²) in [6.45, 7) is 0.210. The Bertz CT molecular complexity index is 808. The van der Waals surface area contributed by atoms with E-state index in [4.69, 9.17) is 13.9 Å². The Morgan fingerprint density at radius 1 is 1.13 bits per heavy atom. The van der Waals surface area contributed by atoms with Crippen molar-refractivity contribution in [3.63, 3.8) is 0 Å². The number of carbonyl (C=O) groups excluding carboxylic acids is 1. The van der Waals surface area contributed by atoms with Crippen LogP contribution in [0.3, 0.4) is 0 Å². The molecule has 1 amide bonds. The number of hydrogen-bond acceptors (Lipinski definition) is 5. The second-order valence-electron chi connectivity index (χ2n) is 4.83. The number of nitrogens with one attached hydrogen (secondary N) is 1. The number of hydrogen-bond donors (Lipinski definition) is 1. The van der Waals surface area contributed by atoms with Gasteiger partial charge in [-0.05, 0) is 30.3 Å². The quantitative estimate of drug-likeness (QED) is 0.784. The van der Waals surface area contributed by atoms with Gasteiger partial charge >= 0.3 is 0 Å². The van der Waals surface area contributed by atoms with Crippen molar-refractivity contribution in [3.05, 3.63) is 53.9 Å². The third-order valence-electron chi connectivity index (χ3n) is 3.38. The van der Waals surface area contributed by atoms with E-state index in [1.54, 1.807) is 25.3 Å². The molecule has 6 nitrogen and oxygen atoms in total. The average Bonchev–Trinajstić information content (AvgIpc) is 3.01. The van der Waals surface area contributed by atoms with E-state index in [0.717, 1.165) is 5.52 Å². The zero-order chi connectivity index (χ0) is 16.2. The van der Waals surface area contributed by atoms with E-state index >= 15 is 0 Å². The van der Waals surface area contributed by atoms with E-state index < -0.39 is 0 Å². The third kappa shape index (κ3) is 3.11. The van der Waals surface area contributed by atoms with E-state index in [9.17, 15) is 4.79 Å². The Labute approximate surface area is 133 Å². The van der Waals surface area contributed by atoms with Gasteiger partial charge in [0.1, 0.15) is 5.52 Å². The van der Waals surface area contributed by atoms with Crippen LogP contribution in [0.2, 0.25) is 0 Å². The average molecular weight is 312 g/mol. The van der Waals surface area contributed by atoms with Crippen molar-refractivity contribution in [1.29, 1.82) is 0 Å². The molecule has 0 saturated carbocycles. The number of benzene rings is 2. The number of rotatable bonds is 5. The number of nitrogens with zero attached hydrogens (tertiary/aromatic N) is 1. The number of fused-ring (bicyclic) bond motifs is 1. The van der Waals surface area contributed by atoms with E-state index in [0.29, 0.717) is 28.5 Å². The molecule has 0 saturated heterocycles. The zero-order valence-electron chi connectivity index (χ0n) is 12.8. The first-order valence-corrected chi connectivity index (χ1v) is 7.06. The van der Waals surface area contributed by atoms with Crippen LogP contribution in [0.1, 0.15) is 16.2 Å². The van der Waals surface area contributed by atoms with Crippen molar-refractivity contribution in [2.45, 2.75) is 6.54 Å². The molecule has 0 radical (unpaired) electrons. The van der Waals surface area contributed by atoms with E-state index in [1.165, 1.54) is 7.11 Å². The van der Waals surface area contributed by atoms with Crippen LogP contribution in [0, 0.1) is 0 Å². The summed E-state index contributed by atoms with van der Waals surface area (Å²) in [5.74, 6) is 1.29. The molecular weight excluding hydrogens is 296 g/mol. The third-order valence-corrected chi connectivity index (χ3v) is 3.38. The predicted octanol–water partition coefficient (Wildman–Crippen LogP) is 2.78.